The Morgan fingerprint density at radius 2 is 1.83 bits per heavy atom. The van der Waals surface area contributed by atoms with E-state index in [1.165, 1.54) is 16.6 Å². The van der Waals surface area contributed by atoms with E-state index in [2.05, 4.69) is 10.4 Å². The number of nitrogens with zero attached hydrogens (tertiary/aromatic N) is 4. The molecule has 160 valence electrons. The second-order valence-corrected chi connectivity index (χ2v) is 8.83. The topological polar surface area (TPSA) is 89.2 Å². The molecule has 3 rings (SSSR count). The van der Waals surface area contributed by atoms with E-state index in [0.717, 1.165) is 11.3 Å². The third-order valence-electron chi connectivity index (χ3n) is 4.91. The van der Waals surface area contributed by atoms with Gasteiger partial charge in [-0.15, -0.1) is 0 Å². The third-order valence-corrected chi connectivity index (χ3v) is 6.93. The number of carbonyl (C=O) groups is 1. The Kier molecular flexibility index (Phi) is 6.73. The summed E-state index contributed by atoms with van der Waals surface area (Å²) >= 11 is 0. The van der Waals surface area contributed by atoms with Crippen LogP contribution in [0.2, 0.25) is 0 Å². The molecule has 0 aliphatic heterocycles. The standard InChI is InChI=1S/C21H27N5O3S/c1-4-25(5-2)30(28,29)19-13-20(24(3)16-19)21(27)22-12-11-17-14-23-26(15-17)18-9-7-6-8-10-18/h6-10,13-16H,4-5,11-12H2,1-3H3,(H,22,27). The highest BCUT2D eigenvalue weighted by molar-refractivity contribution is 7.89. The van der Waals surface area contributed by atoms with Crippen molar-refractivity contribution in [3.05, 3.63) is 66.2 Å². The summed E-state index contributed by atoms with van der Waals surface area (Å²) in [5.74, 6) is -0.311. The van der Waals surface area contributed by atoms with Crippen LogP contribution in [0.25, 0.3) is 5.69 Å². The van der Waals surface area contributed by atoms with Crippen molar-refractivity contribution in [2.45, 2.75) is 25.2 Å². The van der Waals surface area contributed by atoms with Gasteiger partial charge in [0.05, 0.1) is 11.9 Å². The van der Waals surface area contributed by atoms with Gasteiger partial charge in [-0.25, -0.2) is 13.1 Å². The number of aryl methyl sites for hydroxylation is 1. The van der Waals surface area contributed by atoms with Crippen molar-refractivity contribution in [1.82, 2.24) is 24.0 Å². The van der Waals surface area contributed by atoms with Gasteiger partial charge in [0, 0.05) is 39.1 Å². The Hall–Kier alpha value is -2.91. The average molecular weight is 430 g/mol. The van der Waals surface area contributed by atoms with Crippen LogP contribution in [-0.2, 0) is 23.5 Å². The van der Waals surface area contributed by atoms with E-state index in [1.54, 1.807) is 36.3 Å². The maximum Gasteiger partial charge on any atom is 0.267 e. The average Bonchev–Trinajstić information content (AvgIpc) is 3.36. The van der Waals surface area contributed by atoms with E-state index in [4.69, 9.17) is 0 Å². The summed E-state index contributed by atoms with van der Waals surface area (Å²) in [4.78, 5) is 12.7. The molecule has 0 aliphatic carbocycles. The molecule has 0 atom stereocenters. The van der Waals surface area contributed by atoms with Crippen LogP contribution in [0.15, 0.2) is 59.9 Å². The minimum absolute atomic E-state index is 0.128. The Balaban J connectivity index is 1.62. The first-order valence-electron chi connectivity index (χ1n) is 9.90. The van der Waals surface area contributed by atoms with Crippen molar-refractivity contribution in [3.8, 4) is 5.69 Å². The van der Waals surface area contributed by atoms with Gasteiger partial charge in [-0.2, -0.15) is 9.40 Å². The zero-order valence-corrected chi connectivity index (χ0v) is 18.3. The summed E-state index contributed by atoms with van der Waals surface area (Å²) < 4.78 is 30.0. The number of rotatable bonds is 9. The molecule has 0 saturated heterocycles. The number of para-hydroxylation sites is 1. The maximum atomic E-state index is 12.7. The molecule has 1 aromatic carbocycles. The Labute approximate surface area is 177 Å². The second-order valence-electron chi connectivity index (χ2n) is 6.90. The lowest BCUT2D eigenvalue weighted by atomic mass is 10.2. The highest BCUT2D eigenvalue weighted by atomic mass is 32.2. The smallest absolute Gasteiger partial charge is 0.267 e. The number of aromatic nitrogens is 3. The molecular weight excluding hydrogens is 402 g/mol. The number of carbonyl (C=O) groups excluding carboxylic acids is 1. The molecule has 1 amide bonds. The normalized spacial score (nSPS) is 11.7. The number of benzene rings is 1. The molecule has 0 unspecified atom stereocenters. The van der Waals surface area contributed by atoms with Crippen molar-refractivity contribution in [2.75, 3.05) is 19.6 Å². The molecule has 1 N–H and O–H groups in total. The molecular formula is C21H27N5O3S. The van der Waals surface area contributed by atoms with Gasteiger partial charge in [-0.1, -0.05) is 32.0 Å². The van der Waals surface area contributed by atoms with E-state index in [-0.39, 0.29) is 10.8 Å². The molecule has 2 heterocycles. The fourth-order valence-corrected chi connectivity index (χ4v) is 4.77. The van der Waals surface area contributed by atoms with Gasteiger partial charge in [-0.05, 0) is 30.2 Å². The highest BCUT2D eigenvalue weighted by Crippen LogP contribution is 2.18. The number of amides is 1. The van der Waals surface area contributed by atoms with Gasteiger partial charge in [0.1, 0.15) is 10.6 Å². The fraction of sp³-hybridized carbons (Fsp3) is 0.333. The van der Waals surface area contributed by atoms with Crippen molar-refractivity contribution in [3.63, 3.8) is 0 Å². The quantitative estimate of drug-likeness (QED) is 0.565. The summed E-state index contributed by atoms with van der Waals surface area (Å²) in [6.45, 7) is 4.76. The number of nitrogens with one attached hydrogen (secondary N) is 1. The van der Waals surface area contributed by atoms with Gasteiger partial charge < -0.3 is 9.88 Å². The van der Waals surface area contributed by atoms with Gasteiger partial charge >= 0.3 is 0 Å². The van der Waals surface area contributed by atoms with Gasteiger partial charge in [0.15, 0.2) is 0 Å². The maximum absolute atomic E-state index is 12.7. The molecule has 0 bridgehead atoms. The van der Waals surface area contributed by atoms with Gasteiger partial charge in [0.25, 0.3) is 5.91 Å². The lowest BCUT2D eigenvalue weighted by Gasteiger charge is -2.17. The van der Waals surface area contributed by atoms with E-state index in [0.29, 0.717) is 31.7 Å². The molecule has 30 heavy (non-hydrogen) atoms. The molecule has 9 heteroatoms. The summed E-state index contributed by atoms with van der Waals surface area (Å²) in [6.07, 6.45) is 5.80. The van der Waals surface area contributed by atoms with Crippen LogP contribution in [-0.4, -0.2) is 52.6 Å². The number of hydrogen-bond donors (Lipinski definition) is 1. The van der Waals surface area contributed by atoms with E-state index >= 15 is 0 Å². The summed E-state index contributed by atoms with van der Waals surface area (Å²) in [6, 6.07) is 11.2. The first-order chi connectivity index (χ1) is 14.4. The van der Waals surface area contributed by atoms with E-state index in [9.17, 15) is 13.2 Å². The van der Waals surface area contributed by atoms with Crippen molar-refractivity contribution < 1.29 is 13.2 Å². The zero-order valence-electron chi connectivity index (χ0n) is 17.4. The highest BCUT2D eigenvalue weighted by Gasteiger charge is 2.25. The third kappa shape index (κ3) is 4.63. The number of hydrogen-bond acceptors (Lipinski definition) is 4. The van der Waals surface area contributed by atoms with Crippen LogP contribution < -0.4 is 5.32 Å². The minimum Gasteiger partial charge on any atom is -0.350 e. The van der Waals surface area contributed by atoms with Gasteiger partial charge in [-0.3, -0.25) is 4.79 Å². The molecule has 0 fully saturated rings. The van der Waals surface area contributed by atoms with E-state index < -0.39 is 10.0 Å². The molecule has 0 radical (unpaired) electrons. The van der Waals surface area contributed by atoms with Crippen molar-refractivity contribution >= 4 is 15.9 Å². The van der Waals surface area contributed by atoms with Crippen LogP contribution in [0, 0.1) is 0 Å². The molecule has 8 nitrogen and oxygen atoms in total. The largest absolute Gasteiger partial charge is 0.350 e. The van der Waals surface area contributed by atoms with Crippen LogP contribution in [0.4, 0.5) is 0 Å². The zero-order chi connectivity index (χ0) is 21.7. The molecule has 0 spiro atoms. The lowest BCUT2D eigenvalue weighted by molar-refractivity contribution is 0.0946. The van der Waals surface area contributed by atoms with Gasteiger partial charge in [0.2, 0.25) is 10.0 Å². The molecule has 3 aromatic rings. The minimum atomic E-state index is -3.60. The molecule has 0 aliphatic rings. The first-order valence-corrected chi connectivity index (χ1v) is 11.3. The Morgan fingerprint density at radius 1 is 1.13 bits per heavy atom. The predicted octanol–water partition coefficient (Wildman–Crippen LogP) is 2.21. The number of sulfonamides is 1. The van der Waals surface area contributed by atoms with Crippen molar-refractivity contribution in [2.24, 2.45) is 7.05 Å². The van der Waals surface area contributed by atoms with Crippen LogP contribution in [0.3, 0.4) is 0 Å². The van der Waals surface area contributed by atoms with E-state index in [1.807, 2.05) is 36.5 Å². The fourth-order valence-electron chi connectivity index (χ4n) is 3.24. The first kappa shape index (κ1) is 21.8. The summed E-state index contributed by atoms with van der Waals surface area (Å²) in [5.41, 5.74) is 2.27. The molecule has 2 aromatic heterocycles. The Bertz CT molecular complexity index is 1100. The molecule has 0 saturated carbocycles. The summed E-state index contributed by atoms with van der Waals surface area (Å²) in [5, 5.41) is 7.20. The van der Waals surface area contributed by atoms with Crippen LogP contribution in [0.5, 0.6) is 0 Å². The lowest BCUT2D eigenvalue weighted by Crippen LogP contribution is -2.30. The van der Waals surface area contributed by atoms with Crippen LogP contribution in [0.1, 0.15) is 29.9 Å². The predicted molar refractivity (Wildman–Crippen MR) is 115 cm³/mol. The monoisotopic (exact) mass is 429 g/mol. The second kappa shape index (κ2) is 9.27. The SMILES string of the molecule is CCN(CC)S(=O)(=O)c1cc(C(=O)NCCc2cnn(-c3ccccc3)c2)n(C)c1. The van der Waals surface area contributed by atoms with Crippen LogP contribution >= 0.6 is 0 Å². The Morgan fingerprint density at radius 3 is 2.50 bits per heavy atom. The summed E-state index contributed by atoms with van der Waals surface area (Å²) in [7, 11) is -1.94. The van der Waals surface area contributed by atoms with Crippen molar-refractivity contribution in [1.29, 1.82) is 0 Å².